The zero-order valence-corrected chi connectivity index (χ0v) is 7.17. The first-order chi connectivity index (χ1) is 4.15. The van der Waals surface area contributed by atoms with Crippen molar-refractivity contribution in [1.82, 2.24) is 0 Å². The summed E-state index contributed by atoms with van der Waals surface area (Å²) in [4.78, 5) is 0. The molecule has 0 aliphatic rings. The molecule has 0 rings (SSSR count). The molecule has 0 saturated heterocycles. The van der Waals surface area contributed by atoms with E-state index in [0.717, 1.165) is 0 Å². The number of hydrogen-bond acceptors (Lipinski definition) is 0. The Labute approximate surface area is 75.2 Å². The highest BCUT2D eigenvalue weighted by Crippen LogP contribution is 2.47. The molecule has 0 aromatic carbocycles. The molecule has 7 heteroatoms. The molecule has 0 nitrogen and oxygen atoms in total. The molecule has 0 aliphatic heterocycles. The molecule has 0 aliphatic carbocycles. The predicted molar refractivity (Wildman–Crippen MR) is 35.4 cm³/mol. The summed E-state index contributed by atoms with van der Waals surface area (Å²) in [7, 11) is 0. The highest BCUT2D eigenvalue weighted by molar-refractivity contribution is 6.69. The molecule has 0 saturated carbocycles. The van der Waals surface area contributed by atoms with Crippen LogP contribution in [-0.4, -0.2) is 9.17 Å². The highest BCUT2D eigenvalue weighted by Gasteiger charge is 2.52. The van der Waals surface area contributed by atoms with E-state index in [9.17, 15) is 13.2 Å². The van der Waals surface area contributed by atoms with Gasteiger partial charge in [0.1, 0.15) is 0 Å². The number of rotatable bonds is 1. The maximum Gasteiger partial charge on any atom is 0.363 e. The van der Waals surface area contributed by atoms with Crippen LogP contribution in [0.2, 0.25) is 0 Å². The highest BCUT2D eigenvalue weighted by atomic mass is 35.6. The molecule has 0 amide bonds. The zero-order valence-electron chi connectivity index (χ0n) is 4.15. The smallest absolute Gasteiger partial charge is 0.227 e. The second-order valence-electron chi connectivity index (χ2n) is 1.31. The normalized spacial score (nSPS) is 14.4. The van der Waals surface area contributed by atoms with E-state index in [1.807, 2.05) is 0 Å². The number of alkyl halides is 6. The average molecular weight is 235 g/mol. The lowest BCUT2D eigenvalue weighted by atomic mass is 10.4. The minimum atomic E-state index is -4.23. The van der Waals surface area contributed by atoms with E-state index in [1.165, 1.54) is 0 Å². The number of hydrogen-bond donors (Lipinski definition) is 0. The van der Waals surface area contributed by atoms with Crippen molar-refractivity contribution in [2.75, 3.05) is 0 Å². The summed E-state index contributed by atoms with van der Waals surface area (Å²) >= 11 is 18.3. The molecule has 10 heavy (non-hydrogen) atoms. The summed E-state index contributed by atoms with van der Waals surface area (Å²) < 4.78 is 32.7. The van der Waals surface area contributed by atoms with Gasteiger partial charge in [0.15, 0.2) is 0 Å². The van der Waals surface area contributed by atoms with Gasteiger partial charge in [-0.2, -0.15) is 8.78 Å². The molecule has 61 valence electrons. The molecular formula is C3Cl4F3. The molecule has 1 radical (unpaired) electrons. The van der Waals surface area contributed by atoms with E-state index in [1.54, 1.807) is 0 Å². The molecule has 0 fully saturated rings. The fraction of sp³-hybridized carbons (Fsp3) is 0.667. The van der Waals surface area contributed by atoms with Gasteiger partial charge in [-0.05, 0) is 11.6 Å². The molecule has 0 unspecified atom stereocenters. The second-order valence-corrected chi connectivity index (χ2v) is 4.07. The lowest BCUT2D eigenvalue weighted by molar-refractivity contribution is 0.0676. The van der Waals surface area contributed by atoms with Crippen molar-refractivity contribution < 1.29 is 13.2 Å². The Balaban J connectivity index is 4.23. The molecule has 0 heterocycles. The molecule has 0 aromatic heterocycles. The summed E-state index contributed by atoms with van der Waals surface area (Å²) in [6.45, 7) is 0. The predicted octanol–water partition coefficient (Wildman–Crippen LogP) is 3.69. The van der Waals surface area contributed by atoms with Crippen molar-refractivity contribution in [2.45, 2.75) is 9.17 Å². The summed E-state index contributed by atoms with van der Waals surface area (Å²) in [5.41, 5.74) is 0. The van der Waals surface area contributed by atoms with Crippen LogP contribution in [0.3, 0.4) is 0 Å². The van der Waals surface area contributed by atoms with Crippen LogP contribution in [0.1, 0.15) is 0 Å². The van der Waals surface area contributed by atoms with E-state index < -0.39 is 15.3 Å². The van der Waals surface area contributed by atoms with Gasteiger partial charge in [0.2, 0.25) is 3.79 Å². The third kappa shape index (κ3) is 3.37. The third-order valence-electron chi connectivity index (χ3n) is 0.498. The van der Waals surface area contributed by atoms with E-state index in [2.05, 4.69) is 11.6 Å². The monoisotopic (exact) mass is 233 g/mol. The van der Waals surface area contributed by atoms with E-state index >= 15 is 0 Å². The van der Waals surface area contributed by atoms with Gasteiger partial charge in [-0.1, -0.05) is 34.8 Å². The Morgan fingerprint density at radius 3 is 1.30 bits per heavy atom. The van der Waals surface area contributed by atoms with Crippen molar-refractivity contribution in [3.63, 3.8) is 0 Å². The van der Waals surface area contributed by atoms with Crippen LogP contribution < -0.4 is 0 Å². The third-order valence-corrected chi connectivity index (χ3v) is 1.16. The number of halogens is 7. The van der Waals surface area contributed by atoms with Gasteiger partial charge in [-0.15, -0.1) is 0 Å². The fourth-order valence-corrected chi connectivity index (χ4v) is 0.804. The van der Waals surface area contributed by atoms with Gasteiger partial charge >= 0.3 is 5.38 Å². The van der Waals surface area contributed by atoms with Crippen LogP contribution in [0.4, 0.5) is 13.2 Å². The van der Waals surface area contributed by atoms with Crippen LogP contribution in [0.5, 0.6) is 0 Å². The van der Waals surface area contributed by atoms with E-state index in [4.69, 9.17) is 34.8 Å². The van der Waals surface area contributed by atoms with Gasteiger partial charge in [0, 0.05) is 0 Å². The van der Waals surface area contributed by atoms with Crippen molar-refractivity contribution in [2.24, 2.45) is 0 Å². The Morgan fingerprint density at radius 2 is 1.30 bits per heavy atom. The largest absolute Gasteiger partial charge is 0.363 e. The summed E-state index contributed by atoms with van der Waals surface area (Å²) in [5.74, 6) is 0. The van der Waals surface area contributed by atoms with Gasteiger partial charge in [-0.3, -0.25) is 0 Å². The average Bonchev–Trinajstić information content (AvgIpc) is 1.59. The molecule has 0 bridgehead atoms. The Morgan fingerprint density at radius 1 is 1.00 bits per heavy atom. The van der Waals surface area contributed by atoms with Crippen molar-refractivity contribution in [1.29, 1.82) is 0 Å². The lowest BCUT2D eigenvalue weighted by Crippen LogP contribution is -2.27. The second kappa shape index (κ2) is 3.13. The summed E-state index contributed by atoms with van der Waals surface area (Å²) in [6, 6.07) is 0. The molecule has 0 aromatic rings. The van der Waals surface area contributed by atoms with Crippen molar-refractivity contribution in [3.05, 3.63) is 6.17 Å². The zero-order chi connectivity index (χ0) is 8.58. The topological polar surface area (TPSA) is 0 Å². The van der Waals surface area contributed by atoms with Crippen molar-refractivity contribution >= 4 is 46.4 Å². The Hall–Kier alpha value is 0.950. The van der Waals surface area contributed by atoms with Crippen LogP contribution >= 0.6 is 46.4 Å². The maximum atomic E-state index is 12.1. The maximum absolute atomic E-state index is 12.1. The van der Waals surface area contributed by atoms with Crippen LogP contribution in [0, 0.1) is 6.17 Å². The minimum Gasteiger partial charge on any atom is -0.227 e. The van der Waals surface area contributed by atoms with Crippen LogP contribution in [0.15, 0.2) is 0 Å². The van der Waals surface area contributed by atoms with E-state index in [0.29, 0.717) is 0 Å². The molecular weight excluding hydrogens is 235 g/mol. The Kier molecular flexibility index (Phi) is 3.43. The first-order valence-electron chi connectivity index (χ1n) is 1.82. The van der Waals surface area contributed by atoms with Crippen LogP contribution in [-0.2, 0) is 0 Å². The summed E-state index contributed by atoms with van der Waals surface area (Å²) in [5, 5.41) is -4.23. The molecule has 0 atom stereocenters. The first-order valence-corrected chi connectivity index (χ1v) is 3.33. The van der Waals surface area contributed by atoms with Crippen LogP contribution in [0.25, 0.3) is 0 Å². The molecule has 0 spiro atoms. The Bertz CT molecular complexity index is 99.9. The van der Waals surface area contributed by atoms with Gasteiger partial charge in [0.05, 0.1) is 0 Å². The van der Waals surface area contributed by atoms with E-state index in [-0.39, 0.29) is 0 Å². The summed E-state index contributed by atoms with van der Waals surface area (Å²) in [6.07, 6.45) is -2.20. The lowest BCUT2D eigenvalue weighted by Gasteiger charge is -2.18. The first kappa shape index (κ1) is 11.0. The van der Waals surface area contributed by atoms with Gasteiger partial charge < -0.3 is 0 Å². The quantitative estimate of drug-likeness (QED) is 0.608. The SMILES string of the molecule is F[C](C(F)(F)Cl)C(Cl)(Cl)Cl. The fourth-order valence-electron chi connectivity index (χ4n) is 0.161. The van der Waals surface area contributed by atoms with Gasteiger partial charge in [0.25, 0.3) is 6.17 Å². The standard InChI is InChI=1S/C3Cl4F3/c4-2(5,6)1(8)3(7,9)10. The van der Waals surface area contributed by atoms with Gasteiger partial charge in [-0.25, -0.2) is 4.39 Å². The molecule has 0 N–H and O–H groups in total. The van der Waals surface area contributed by atoms with Crippen molar-refractivity contribution in [3.8, 4) is 0 Å². The minimum absolute atomic E-state index is 2.20.